The first-order valence-corrected chi connectivity index (χ1v) is 7.34. The lowest BCUT2D eigenvalue weighted by atomic mass is 10.0. The minimum absolute atomic E-state index is 0.205. The standard InChI is InChI=1S/C15H25ClFN3/c1-5-20(11(2)10-19(3)4)14(9-18)15-12(16)7-6-8-13(15)17/h6-8,11,14H,5,9-10,18H2,1-4H3. The van der Waals surface area contributed by atoms with Crippen molar-refractivity contribution in [2.45, 2.75) is 25.9 Å². The van der Waals surface area contributed by atoms with Crippen LogP contribution in [0.4, 0.5) is 4.39 Å². The molecule has 0 spiro atoms. The van der Waals surface area contributed by atoms with E-state index >= 15 is 0 Å². The third-order valence-electron chi connectivity index (χ3n) is 3.52. The van der Waals surface area contributed by atoms with Gasteiger partial charge in [-0.2, -0.15) is 0 Å². The maximum atomic E-state index is 14.1. The van der Waals surface area contributed by atoms with Gasteiger partial charge in [0, 0.05) is 29.7 Å². The molecular formula is C15H25ClFN3. The Morgan fingerprint density at radius 1 is 1.35 bits per heavy atom. The Bertz CT molecular complexity index is 405. The minimum Gasteiger partial charge on any atom is -0.329 e. The molecule has 1 aromatic rings. The predicted molar refractivity (Wildman–Crippen MR) is 83.6 cm³/mol. The van der Waals surface area contributed by atoms with Crippen molar-refractivity contribution in [2.24, 2.45) is 5.73 Å². The molecule has 0 radical (unpaired) electrons. The zero-order valence-corrected chi connectivity index (χ0v) is 13.5. The molecule has 2 atom stereocenters. The van der Waals surface area contributed by atoms with Gasteiger partial charge in [0.15, 0.2) is 0 Å². The van der Waals surface area contributed by atoms with Gasteiger partial charge in [0.1, 0.15) is 5.82 Å². The molecule has 0 saturated heterocycles. The largest absolute Gasteiger partial charge is 0.329 e. The van der Waals surface area contributed by atoms with E-state index in [1.807, 2.05) is 14.1 Å². The van der Waals surface area contributed by atoms with Crippen LogP contribution in [0.1, 0.15) is 25.5 Å². The molecule has 0 aliphatic rings. The fourth-order valence-corrected chi connectivity index (χ4v) is 3.01. The molecular weight excluding hydrogens is 277 g/mol. The van der Waals surface area contributed by atoms with Crippen molar-refractivity contribution in [3.05, 3.63) is 34.6 Å². The highest BCUT2D eigenvalue weighted by atomic mass is 35.5. The van der Waals surface area contributed by atoms with E-state index in [0.717, 1.165) is 13.1 Å². The summed E-state index contributed by atoms with van der Waals surface area (Å²) in [6, 6.07) is 4.83. The zero-order chi connectivity index (χ0) is 15.3. The van der Waals surface area contributed by atoms with Gasteiger partial charge in [-0.3, -0.25) is 4.90 Å². The fraction of sp³-hybridized carbons (Fsp3) is 0.600. The zero-order valence-electron chi connectivity index (χ0n) is 12.7. The Morgan fingerprint density at radius 2 is 2.00 bits per heavy atom. The second-order valence-corrected chi connectivity index (χ2v) is 5.74. The van der Waals surface area contributed by atoms with Crippen molar-refractivity contribution in [2.75, 3.05) is 33.7 Å². The molecule has 0 aliphatic carbocycles. The van der Waals surface area contributed by atoms with E-state index in [1.165, 1.54) is 6.07 Å². The van der Waals surface area contributed by atoms with Crippen LogP contribution in [0.25, 0.3) is 0 Å². The van der Waals surface area contributed by atoms with Crippen LogP contribution < -0.4 is 5.73 Å². The summed E-state index contributed by atoms with van der Waals surface area (Å²) in [5, 5.41) is 0.441. The van der Waals surface area contributed by atoms with Crippen LogP contribution in [0.15, 0.2) is 18.2 Å². The number of benzene rings is 1. The Labute approximate surface area is 126 Å². The van der Waals surface area contributed by atoms with E-state index in [2.05, 4.69) is 23.6 Å². The van der Waals surface area contributed by atoms with Gasteiger partial charge in [-0.15, -0.1) is 0 Å². The van der Waals surface area contributed by atoms with E-state index in [-0.39, 0.29) is 17.9 Å². The summed E-state index contributed by atoms with van der Waals surface area (Å²) >= 11 is 6.18. The maximum absolute atomic E-state index is 14.1. The summed E-state index contributed by atoms with van der Waals surface area (Å²) in [5.74, 6) is -0.288. The van der Waals surface area contributed by atoms with Gasteiger partial charge in [-0.05, 0) is 39.7 Å². The van der Waals surface area contributed by atoms with Crippen molar-refractivity contribution in [3.8, 4) is 0 Å². The number of nitrogens with two attached hydrogens (primary N) is 1. The lowest BCUT2D eigenvalue weighted by molar-refractivity contribution is 0.129. The SMILES string of the molecule is CCN(C(C)CN(C)C)C(CN)c1c(F)cccc1Cl. The van der Waals surface area contributed by atoms with E-state index in [1.54, 1.807) is 12.1 Å². The second kappa shape index (κ2) is 7.93. The third-order valence-corrected chi connectivity index (χ3v) is 3.85. The predicted octanol–water partition coefficient (Wildman–Crippen LogP) is 2.75. The highest BCUT2D eigenvalue weighted by Crippen LogP contribution is 2.30. The normalized spacial score (nSPS) is 14.8. The topological polar surface area (TPSA) is 32.5 Å². The molecule has 0 saturated carbocycles. The monoisotopic (exact) mass is 301 g/mol. The fourth-order valence-electron chi connectivity index (χ4n) is 2.72. The van der Waals surface area contributed by atoms with Gasteiger partial charge in [-0.25, -0.2) is 4.39 Å². The average molecular weight is 302 g/mol. The first-order chi connectivity index (χ1) is 9.42. The highest BCUT2D eigenvalue weighted by Gasteiger charge is 2.27. The third kappa shape index (κ3) is 4.16. The summed E-state index contributed by atoms with van der Waals surface area (Å²) in [6.07, 6.45) is 0. The first kappa shape index (κ1) is 17.4. The Kier molecular flexibility index (Phi) is 6.89. The minimum atomic E-state index is -0.288. The van der Waals surface area contributed by atoms with Crippen LogP contribution >= 0.6 is 11.6 Å². The summed E-state index contributed by atoms with van der Waals surface area (Å²) in [5.41, 5.74) is 6.41. The van der Waals surface area contributed by atoms with Crippen LogP contribution in [0, 0.1) is 5.82 Å². The van der Waals surface area contributed by atoms with Crippen LogP contribution in [-0.4, -0.2) is 49.6 Å². The molecule has 0 aromatic heterocycles. The molecule has 2 unspecified atom stereocenters. The van der Waals surface area contributed by atoms with Gasteiger partial charge in [0.05, 0.1) is 6.04 Å². The van der Waals surface area contributed by atoms with Gasteiger partial charge < -0.3 is 10.6 Å². The first-order valence-electron chi connectivity index (χ1n) is 6.96. The van der Waals surface area contributed by atoms with Crippen LogP contribution in [0.2, 0.25) is 5.02 Å². The number of halogens is 2. The Hall–Kier alpha value is -0.680. The quantitative estimate of drug-likeness (QED) is 0.840. The summed E-state index contributed by atoms with van der Waals surface area (Å²) in [7, 11) is 4.05. The average Bonchev–Trinajstić information content (AvgIpc) is 2.36. The number of hydrogen-bond donors (Lipinski definition) is 1. The van der Waals surface area contributed by atoms with Crippen molar-refractivity contribution >= 4 is 11.6 Å². The molecule has 0 fully saturated rings. The van der Waals surface area contributed by atoms with Gasteiger partial charge >= 0.3 is 0 Å². The molecule has 3 nitrogen and oxygen atoms in total. The smallest absolute Gasteiger partial charge is 0.129 e. The summed E-state index contributed by atoms with van der Waals surface area (Å²) in [6.45, 7) is 6.20. The van der Waals surface area contributed by atoms with Crippen molar-refractivity contribution in [3.63, 3.8) is 0 Å². The summed E-state index contributed by atoms with van der Waals surface area (Å²) < 4.78 is 14.1. The van der Waals surface area contributed by atoms with Crippen LogP contribution in [0.5, 0.6) is 0 Å². The van der Waals surface area contributed by atoms with E-state index < -0.39 is 0 Å². The van der Waals surface area contributed by atoms with E-state index in [9.17, 15) is 4.39 Å². The second-order valence-electron chi connectivity index (χ2n) is 5.33. The van der Waals surface area contributed by atoms with E-state index in [0.29, 0.717) is 17.1 Å². The number of nitrogens with zero attached hydrogens (tertiary/aromatic N) is 2. The molecule has 0 heterocycles. The molecule has 0 amide bonds. The molecule has 1 aromatic carbocycles. The number of rotatable bonds is 7. The Balaban J connectivity index is 3.09. The van der Waals surface area contributed by atoms with Crippen molar-refractivity contribution < 1.29 is 4.39 Å². The molecule has 0 aliphatic heterocycles. The van der Waals surface area contributed by atoms with Crippen molar-refractivity contribution in [1.82, 2.24) is 9.80 Å². The number of likely N-dealkylation sites (N-methyl/N-ethyl adjacent to an activating group) is 2. The van der Waals surface area contributed by atoms with Crippen LogP contribution in [0.3, 0.4) is 0 Å². The van der Waals surface area contributed by atoms with Crippen LogP contribution in [-0.2, 0) is 0 Å². The molecule has 20 heavy (non-hydrogen) atoms. The maximum Gasteiger partial charge on any atom is 0.129 e. The molecule has 1 rings (SSSR count). The molecule has 5 heteroatoms. The van der Waals surface area contributed by atoms with Crippen molar-refractivity contribution in [1.29, 1.82) is 0 Å². The van der Waals surface area contributed by atoms with Gasteiger partial charge in [0.25, 0.3) is 0 Å². The summed E-state index contributed by atoms with van der Waals surface area (Å²) in [4.78, 5) is 4.31. The van der Waals surface area contributed by atoms with E-state index in [4.69, 9.17) is 17.3 Å². The highest BCUT2D eigenvalue weighted by molar-refractivity contribution is 6.31. The lowest BCUT2D eigenvalue weighted by Crippen LogP contribution is -2.44. The number of hydrogen-bond acceptors (Lipinski definition) is 3. The Morgan fingerprint density at radius 3 is 2.45 bits per heavy atom. The molecule has 2 N–H and O–H groups in total. The van der Waals surface area contributed by atoms with Gasteiger partial charge in [-0.1, -0.05) is 24.6 Å². The van der Waals surface area contributed by atoms with Gasteiger partial charge in [0.2, 0.25) is 0 Å². The molecule has 0 bridgehead atoms. The molecule has 114 valence electrons. The lowest BCUT2D eigenvalue weighted by Gasteiger charge is -2.37.